The van der Waals surface area contributed by atoms with Crippen molar-refractivity contribution in [1.29, 1.82) is 0 Å². The number of aliphatic hydroxyl groups excluding tert-OH is 2. The van der Waals surface area contributed by atoms with Crippen LogP contribution in [0, 0.1) is 0 Å². The van der Waals surface area contributed by atoms with Crippen LogP contribution in [0.5, 0.6) is 0 Å². The molecule has 0 radical (unpaired) electrons. The summed E-state index contributed by atoms with van der Waals surface area (Å²) in [6, 6.07) is -0.698. The van der Waals surface area contributed by atoms with Gasteiger partial charge >= 0.3 is 5.97 Å². The van der Waals surface area contributed by atoms with Gasteiger partial charge in [-0.3, -0.25) is 9.59 Å². The maximum Gasteiger partial charge on any atom is 0.306 e. The van der Waals surface area contributed by atoms with Gasteiger partial charge in [0.2, 0.25) is 5.91 Å². The average molecular weight is 820 g/mol. The van der Waals surface area contributed by atoms with Crippen molar-refractivity contribution >= 4 is 11.9 Å². The lowest BCUT2D eigenvalue weighted by Crippen LogP contribution is -2.46. The Morgan fingerprint density at radius 3 is 1.28 bits per heavy atom. The Labute approximate surface area is 361 Å². The van der Waals surface area contributed by atoms with Gasteiger partial charge in [0, 0.05) is 6.42 Å². The van der Waals surface area contributed by atoms with Crippen LogP contribution in [0.15, 0.2) is 12.2 Å². The van der Waals surface area contributed by atoms with Crippen molar-refractivity contribution in [3.05, 3.63) is 12.2 Å². The van der Waals surface area contributed by atoms with Gasteiger partial charge in [0.05, 0.1) is 25.2 Å². The molecule has 0 spiro atoms. The highest BCUT2D eigenvalue weighted by molar-refractivity contribution is 5.77. The van der Waals surface area contributed by atoms with Gasteiger partial charge in [0.25, 0.3) is 0 Å². The number of nitrogens with one attached hydrogen (secondary N) is 1. The molecule has 0 aliphatic heterocycles. The minimum Gasteiger partial charge on any atom is -0.462 e. The maximum atomic E-state index is 13.1. The van der Waals surface area contributed by atoms with Crippen molar-refractivity contribution in [1.82, 2.24) is 5.32 Å². The highest BCUT2D eigenvalue weighted by Crippen LogP contribution is 2.18. The standard InChI is InChI=1S/C52H101NO5/c1-4-7-10-13-16-19-21-23-24-25-26-27-28-30-33-36-39-42-45-52(57)58-48(43-40-37-34-31-18-15-12-9-6-3)46-51(56)53-49(47-54)50(55)44-41-38-35-32-29-22-20-17-14-11-8-5-2/h15,18,48-50,54-55H,4-14,16-17,19-47H2,1-3H3,(H,53,56)/b18-15-. The fourth-order valence-electron chi connectivity index (χ4n) is 8.12. The lowest BCUT2D eigenvalue weighted by atomic mass is 10.0. The highest BCUT2D eigenvalue weighted by Gasteiger charge is 2.24. The number of hydrogen-bond acceptors (Lipinski definition) is 5. The SMILES string of the molecule is CCCC/C=C\CCCCCC(CC(=O)NC(CO)C(O)CCCCCCCCCCCCCC)OC(=O)CCCCCCCCCCCCCCCCCCCC. The van der Waals surface area contributed by atoms with Crippen LogP contribution in [0.25, 0.3) is 0 Å². The highest BCUT2D eigenvalue weighted by atomic mass is 16.5. The Balaban J connectivity index is 4.39. The molecule has 0 saturated carbocycles. The number of unbranched alkanes of at least 4 members (excludes halogenated alkanes) is 33. The van der Waals surface area contributed by atoms with Crippen LogP contribution >= 0.6 is 0 Å². The molecular weight excluding hydrogens is 719 g/mol. The smallest absolute Gasteiger partial charge is 0.306 e. The van der Waals surface area contributed by atoms with E-state index in [9.17, 15) is 19.8 Å². The minimum absolute atomic E-state index is 0.0730. The molecule has 0 aromatic rings. The summed E-state index contributed by atoms with van der Waals surface area (Å²) in [6.45, 7) is 6.45. The lowest BCUT2D eigenvalue weighted by Gasteiger charge is -2.24. The zero-order valence-electron chi connectivity index (χ0n) is 39.2. The molecule has 0 rings (SSSR count). The van der Waals surface area contributed by atoms with E-state index in [4.69, 9.17) is 4.74 Å². The number of rotatable bonds is 47. The van der Waals surface area contributed by atoms with Crippen molar-refractivity contribution < 1.29 is 24.5 Å². The van der Waals surface area contributed by atoms with Crippen molar-refractivity contribution in [3.8, 4) is 0 Å². The van der Waals surface area contributed by atoms with Crippen LogP contribution in [-0.4, -0.2) is 46.9 Å². The van der Waals surface area contributed by atoms with Crippen LogP contribution in [0.3, 0.4) is 0 Å². The molecule has 0 aromatic carbocycles. The molecule has 0 aliphatic carbocycles. The first-order valence-corrected chi connectivity index (χ1v) is 25.9. The van der Waals surface area contributed by atoms with Crippen molar-refractivity contribution in [2.24, 2.45) is 0 Å². The predicted octanol–water partition coefficient (Wildman–Crippen LogP) is 15.3. The first-order chi connectivity index (χ1) is 28.5. The van der Waals surface area contributed by atoms with Gasteiger partial charge in [-0.25, -0.2) is 0 Å². The molecule has 6 nitrogen and oxygen atoms in total. The van der Waals surface area contributed by atoms with Gasteiger partial charge in [-0.15, -0.1) is 0 Å². The zero-order valence-corrected chi connectivity index (χ0v) is 39.2. The summed E-state index contributed by atoms with van der Waals surface area (Å²) >= 11 is 0. The molecule has 0 heterocycles. The molecule has 3 atom stereocenters. The van der Waals surface area contributed by atoms with Crippen LogP contribution in [0.2, 0.25) is 0 Å². The van der Waals surface area contributed by atoms with E-state index in [1.54, 1.807) is 0 Å². The normalized spacial score (nSPS) is 13.3. The monoisotopic (exact) mass is 820 g/mol. The number of carbonyl (C=O) groups is 2. The van der Waals surface area contributed by atoms with Gasteiger partial charge in [0.1, 0.15) is 6.10 Å². The van der Waals surface area contributed by atoms with Gasteiger partial charge < -0.3 is 20.3 Å². The second kappa shape index (κ2) is 46.7. The summed E-state index contributed by atoms with van der Waals surface area (Å²) in [5.74, 6) is -0.475. The van der Waals surface area contributed by atoms with Crippen LogP contribution in [0.4, 0.5) is 0 Å². The van der Waals surface area contributed by atoms with E-state index in [1.165, 1.54) is 173 Å². The lowest BCUT2D eigenvalue weighted by molar-refractivity contribution is -0.151. The number of esters is 1. The van der Waals surface area contributed by atoms with Gasteiger partial charge in [-0.2, -0.15) is 0 Å². The largest absolute Gasteiger partial charge is 0.462 e. The number of aliphatic hydroxyl groups is 2. The third kappa shape index (κ3) is 41.3. The summed E-state index contributed by atoms with van der Waals surface area (Å²) in [5, 5.41) is 23.7. The molecule has 3 unspecified atom stereocenters. The summed E-state index contributed by atoms with van der Waals surface area (Å²) in [6.07, 6.45) is 51.4. The van der Waals surface area contributed by atoms with Gasteiger partial charge in [0.15, 0.2) is 0 Å². The van der Waals surface area contributed by atoms with E-state index < -0.39 is 18.2 Å². The zero-order chi connectivity index (χ0) is 42.4. The van der Waals surface area contributed by atoms with Crippen molar-refractivity contribution in [3.63, 3.8) is 0 Å². The molecule has 344 valence electrons. The fourth-order valence-corrected chi connectivity index (χ4v) is 8.12. The first-order valence-electron chi connectivity index (χ1n) is 25.9. The van der Waals surface area contributed by atoms with E-state index in [0.717, 1.165) is 64.2 Å². The van der Waals surface area contributed by atoms with E-state index in [2.05, 4.69) is 38.2 Å². The molecule has 0 saturated heterocycles. The second-order valence-corrected chi connectivity index (χ2v) is 17.9. The molecule has 0 aromatic heterocycles. The van der Waals surface area contributed by atoms with Crippen molar-refractivity contribution in [2.45, 2.75) is 302 Å². The summed E-state index contributed by atoms with van der Waals surface area (Å²) < 4.78 is 5.91. The predicted molar refractivity (Wildman–Crippen MR) is 250 cm³/mol. The van der Waals surface area contributed by atoms with Gasteiger partial charge in [-0.1, -0.05) is 238 Å². The molecule has 3 N–H and O–H groups in total. The Morgan fingerprint density at radius 2 is 0.845 bits per heavy atom. The van der Waals surface area contributed by atoms with E-state index in [-0.39, 0.29) is 24.9 Å². The third-order valence-electron chi connectivity index (χ3n) is 12.1. The topological polar surface area (TPSA) is 95.9 Å². The van der Waals surface area contributed by atoms with Crippen LogP contribution in [-0.2, 0) is 14.3 Å². The Kier molecular flexibility index (Phi) is 45.5. The number of hydrogen-bond donors (Lipinski definition) is 3. The van der Waals surface area contributed by atoms with E-state index in [1.807, 2.05) is 0 Å². The summed E-state index contributed by atoms with van der Waals surface area (Å²) in [4.78, 5) is 26.0. The van der Waals surface area contributed by atoms with Crippen molar-refractivity contribution in [2.75, 3.05) is 6.61 Å². The average Bonchev–Trinajstić information content (AvgIpc) is 3.22. The molecule has 0 aliphatic rings. The Morgan fingerprint density at radius 1 is 0.483 bits per heavy atom. The quantitative estimate of drug-likeness (QED) is 0.0323. The molecular formula is C52H101NO5. The Bertz CT molecular complexity index is 878. The van der Waals surface area contributed by atoms with Gasteiger partial charge in [-0.05, 0) is 44.9 Å². The molecule has 0 fully saturated rings. The van der Waals surface area contributed by atoms with E-state index in [0.29, 0.717) is 19.3 Å². The van der Waals surface area contributed by atoms with E-state index >= 15 is 0 Å². The molecule has 58 heavy (non-hydrogen) atoms. The number of ether oxygens (including phenoxy) is 1. The molecule has 6 heteroatoms. The maximum absolute atomic E-state index is 13.1. The minimum atomic E-state index is -0.784. The fraction of sp³-hybridized carbons (Fsp3) is 0.923. The van der Waals surface area contributed by atoms with Crippen LogP contribution < -0.4 is 5.32 Å². The number of amides is 1. The third-order valence-corrected chi connectivity index (χ3v) is 12.1. The number of allylic oxidation sites excluding steroid dienone is 2. The second-order valence-electron chi connectivity index (χ2n) is 17.9. The molecule has 0 bridgehead atoms. The first kappa shape index (κ1) is 56.6. The molecule has 1 amide bonds. The summed E-state index contributed by atoms with van der Waals surface area (Å²) in [5.41, 5.74) is 0. The Hall–Kier alpha value is -1.40. The summed E-state index contributed by atoms with van der Waals surface area (Å²) in [7, 11) is 0. The number of carbonyl (C=O) groups excluding carboxylic acids is 2. The van der Waals surface area contributed by atoms with Crippen LogP contribution in [0.1, 0.15) is 284 Å².